The summed E-state index contributed by atoms with van der Waals surface area (Å²) in [7, 11) is 0. The van der Waals surface area contributed by atoms with Crippen molar-refractivity contribution in [3.63, 3.8) is 0 Å². The monoisotopic (exact) mass is 256 g/mol. The Bertz CT molecular complexity index is 556. The number of nitrogen functional groups attached to an aromatic ring is 1. The maximum atomic E-state index is 12.3. The number of aromatic nitrogens is 2. The molecule has 0 atom stereocenters. The fourth-order valence-corrected chi connectivity index (χ4v) is 1.84. The van der Waals surface area contributed by atoms with Crippen LogP contribution < -0.4 is 5.73 Å². The van der Waals surface area contributed by atoms with Crippen LogP contribution in [0.5, 0.6) is 0 Å². The van der Waals surface area contributed by atoms with Gasteiger partial charge in [0, 0.05) is 18.8 Å². The summed E-state index contributed by atoms with van der Waals surface area (Å²) in [5.41, 5.74) is 8.00. The highest BCUT2D eigenvalue weighted by Gasteiger charge is 2.14. The molecule has 1 aromatic heterocycles. The van der Waals surface area contributed by atoms with E-state index in [4.69, 9.17) is 5.73 Å². The van der Waals surface area contributed by atoms with E-state index in [-0.39, 0.29) is 5.91 Å². The number of nitrogens with zero attached hydrogens (tertiary/aromatic N) is 3. The van der Waals surface area contributed by atoms with Crippen LogP contribution >= 0.6 is 0 Å². The number of nitrogens with two attached hydrogens (primary N) is 1. The number of benzene rings is 1. The maximum absolute atomic E-state index is 12.3. The molecule has 1 amide bonds. The maximum Gasteiger partial charge on any atom is 0.255 e. The molecule has 2 rings (SSSR count). The van der Waals surface area contributed by atoms with Gasteiger partial charge in [0.05, 0.1) is 18.0 Å². The SMILES string of the molecule is CCN(Cc1cccc(N)c1)C(=O)c1ccnnc1. The highest BCUT2D eigenvalue weighted by Crippen LogP contribution is 2.11. The summed E-state index contributed by atoms with van der Waals surface area (Å²) in [6, 6.07) is 9.21. The number of hydrogen-bond donors (Lipinski definition) is 1. The van der Waals surface area contributed by atoms with Crippen molar-refractivity contribution in [2.45, 2.75) is 13.5 Å². The summed E-state index contributed by atoms with van der Waals surface area (Å²) in [4.78, 5) is 14.0. The van der Waals surface area contributed by atoms with Gasteiger partial charge in [-0.2, -0.15) is 10.2 Å². The summed E-state index contributed by atoms with van der Waals surface area (Å²) in [6.07, 6.45) is 2.99. The van der Waals surface area contributed by atoms with E-state index in [9.17, 15) is 4.79 Å². The van der Waals surface area contributed by atoms with Crippen molar-refractivity contribution in [1.29, 1.82) is 0 Å². The number of rotatable bonds is 4. The van der Waals surface area contributed by atoms with Crippen LogP contribution in [0.2, 0.25) is 0 Å². The van der Waals surface area contributed by atoms with Crippen LogP contribution in [0.3, 0.4) is 0 Å². The summed E-state index contributed by atoms with van der Waals surface area (Å²) >= 11 is 0. The normalized spacial score (nSPS) is 10.2. The molecule has 0 saturated heterocycles. The van der Waals surface area contributed by atoms with Crippen molar-refractivity contribution >= 4 is 11.6 Å². The third kappa shape index (κ3) is 3.28. The van der Waals surface area contributed by atoms with E-state index in [1.54, 1.807) is 11.0 Å². The fraction of sp³-hybridized carbons (Fsp3) is 0.214. The lowest BCUT2D eigenvalue weighted by Crippen LogP contribution is -2.30. The van der Waals surface area contributed by atoms with Crippen molar-refractivity contribution in [2.24, 2.45) is 0 Å². The molecule has 2 aromatic rings. The van der Waals surface area contributed by atoms with Gasteiger partial charge in [-0.1, -0.05) is 12.1 Å². The molecule has 0 radical (unpaired) electrons. The average Bonchev–Trinajstić information content (AvgIpc) is 2.45. The van der Waals surface area contributed by atoms with Gasteiger partial charge in [0.1, 0.15) is 0 Å². The predicted molar refractivity (Wildman–Crippen MR) is 73.3 cm³/mol. The molecule has 5 nitrogen and oxygen atoms in total. The van der Waals surface area contributed by atoms with E-state index >= 15 is 0 Å². The van der Waals surface area contributed by atoms with E-state index in [1.807, 2.05) is 31.2 Å². The van der Waals surface area contributed by atoms with E-state index in [1.165, 1.54) is 12.4 Å². The van der Waals surface area contributed by atoms with Gasteiger partial charge in [0.15, 0.2) is 0 Å². The Morgan fingerprint density at radius 2 is 2.16 bits per heavy atom. The molecule has 1 aromatic carbocycles. The highest BCUT2D eigenvalue weighted by atomic mass is 16.2. The molecule has 0 saturated carbocycles. The zero-order chi connectivity index (χ0) is 13.7. The third-order valence-corrected chi connectivity index (χ3v) is 2.82. The zero-order valence-corrected chi connectivity index (χ0v) is 10.8. The molecule has 0 aliphatic rings. The first kappa shape index (κ1) is 13.0. The Hall–Kier alpha value is -2.43. The van der Waals surface area contributed by atoms with Crippen LogP contribution in [0.25, 0.3) is 0 Å². The van der Waals surface area contributed by atoms with Crippen LogP contribution in [0.4, 0.5) is 5.69 Å². The fourth-order valence-electron chi connectivity index (χ4n) is 1.84. The van der Waals surface area contributed by atoms with Gasteiger partial charge in [-0.15, -0.1) is 0 Å². The minimum atomic E-state index is -0.0557. The van der Waals surface area contributed by atoms with Gasteiger partial charge in [-0.25, -0.2) is 0 Å². The van der Waals surface area contributed by atoms with Crippen molar-refractivity contribution in [1.82, 2.24) is 15.1 Å². The number of hydrogen-bond acceptors (Lipinski definition) is 4. The van der Waals surface area contributed by atoms with Crippen molar-refractivity contribution in [2.75, 3.05) is 12.3 Å². The van der Waals surface area contributed by atoms with E-state index in [2.05, 4.69) is 10.2 Å². The minimum absolute atomic E-state index is 0.0557. The van der Waals surface area contributed by atoms with Gasteiger partial charge in [0.25, 0.3) is 5.91 Å². The molecule has 5 heteroatoms. The molecule has 1 heterocycles. The first-order valence-corrected chi connectivity index (χ1v) is 6.11. The molecule has 0 aliphatic heterocycles. The van der Waals surface area contributed by atoms with Gasteiger partial charge in [0.2, 0.25) is 0 Å². The Labute approximate surface area is 112 Å². The molecule has 0 spiro atoms. The van der Waals surface area contributed by atoms with Crippen molar-refractivity contribution < 1.29 is 4.79 Å². The Morgan fingerprint density at radius 1 is 1.32 bits per heavy atom. The quantitative estimate of drug-likeness (QED) is 0.845. The second-order valence-corrected chi connectivity index (χ2v) is 4.20. The number of amides is 1. The zero-order valence-electron chi connectivity index (χ0n) is 10.8. The smallest absolute Gasteiger partial charge is 0.255 e. The standard InChI is InChI=1S/C14H16N4O/c1-2-18(10-11-4-3-5-13(15)8-11)14(19)12-6-7-16-17-9-12/h3-9H,2,10,15H2,1H3. The summed E-state index contributed by atoms with van der Waals surface area (Å²) < 4.78 is 0. The molecule has 0 unspecified atom stereocenters. The van der Waals surface area contributed by atoms with E-state index < -0.39 is 0 Å². The van der Waals surface area contributed by atoms with Gasteiger partial charge in [-0.3, -0.25) is 4.79 Å². The molecule has 98 valence electrons. The number of anilines is 1. The third-order valence-electron chi connectivity index (χ3n) is 2.82. The lowest BCUT2D eigenvalue weighted by atomic mass is 10.1. The van der Waals surface area contributed by atoms with Crippen LogP contribution in [0, 0.1) is 0 Å². The molecule has 0 aliphatic carbocycles. The topological polar surface area (TPSA) is 72.1 Å². The molecule has 0 bridgehead atoms. The summed E-state index contributed by atoms with van der Waals surface area (Å²) in [5.74, 6) is -0.0557. The Morgan fingerprint density at radius 3 is 2.79 bits per heavy atom. The van der Waals surface area contributed by atoms with Crippen molar-refractivity contribution in [3.8, 4) is 0 Å². The summed E-state index contributed by atoms with van der Waals surface area (Å²) in [5, 5.41) is 7.40. The predicted octanol–water partition coefficient (Wildman–Crippen LogP) is 1.72. The summed E-state index contributed by atoms with van der Waals surface area (Å²) in [6.45, 7) is 3.09. The second kappa shape index (κ2) is 5.95. The van der Waals surface area contributed by atoms with Crippen LogP contribution in [-0.4, -0.2) is 27.5 Å². The van der Waals surface area contributed by atoms with E-state index in [0.29, 0.717) is 24.3 Å². The van der Waals surface area contributed by atoms with Gasteiger partial charge >= 0.3 is 0 Å². The highest BCUT2D eigenvalue weighted by molar-refractivity contribution is 5.93. The molecular formula is C14H16N4O. The lowest BCUT2D eigenvalue weighted by Gasteiger charge is -2.21. The molecule has 0 fully saturated rings. The first-order valence-electron chi connectivity index (χ1n) is 6.11. The Balaban J connectivity index is 2.15. The van der Waals surface area contributed by atoms with Gasteiger partial charge < -0.3 is 10.6 Å². The first-order chi connectivity index (χ1) is 9.20. The van der Waals surface area contributed by atoms with E-state index in [0.717, 1.165) is 5.56 Å². The molecule has 2 N–H and O–H groups in total. The molecular weight excluding hydrogens is 240 g/mol. The number of carbonyl (C=O) groups excluding carboxylic acids is 1. The largest absolute Gasteiger partial charge is 0.399 e. The Kier molecular flexibility index (Phi) is 4.07. The molecule has 19 heavy (non-hydrogen) atoms. The van der Waals surface area contributed by atoms with Crippen LogP contribution in [-0.2, 0) is 6.54 Å². The van der Waals surface area contributed by atoms with Crippen LogP contribution in [0.15, 0.2) is 42.7 Å². The number of carbonyl (C=O) groups is 1. The van der Waals surface area contributed by atoms with Crippen molar-refractivity contribution in [3.05, 3.63) is 53.9 Å². The van der Waals surface area contributed by atoms with Gasteiger partial charge in [-0.05, 0) is 30.7 Å². The second-order valence-electron chi connectivity index (χ2n) is 4.20. The average molecular weight is 256 g/mol. The lowest BCUT2D eigenvalue weighted by molar-refractivity contribution is 0.0752. The van der Waals surface area contributed by atoms with Crippen LogP contribution in [0.1, 0.15) is 22.8 Å². The minimum Gasteiger partial charge on any atom is -0.399 e.